The number of carbonyl (C=O) groups is 1. The van der Waals surface area contributed by atoms with Gasteiger partial charge in [0.2, 0.25) is 0 Å². The van der Waals surface area contributed by atoms with Crippen molar-refractivity contribution in [1.29, 1.82) is 0 Å². The summed E-state index contributed by atoms with van der Waals surface area (Å²) >= 11 is 6.32. The number of rotatable bonds is 5. The molecule has 0 radical (unpaired) electrons. The molecule has 0 spiro atoms. The van der Waals surface area contributed by atoms with Crippen molar-refractivity contribution in [2.45, 2.75) is 39.2 Å². The average molecular weight is 449 g/mol. The Labute approximate surface area is 193 Å². The van der Waals surface area contributed by atoms with E-state index in [0.717, 1.165) is 29.7 Å². The fourth-order valence-corrected chi connectivity index (χ4v) is 4.56. The second-order valence-corrected chi connectivity index (χ2v) is 8.46. The SMILES string of the molecule is CCc1cccc(CC)c1CC1N=C(c2ccc(F)cc2)c2cc(Cl)ccc2N(C)C1=O. The number of anilines is 1. The molecule has 0 saturated carbocycles. The quantitative estimate of drug-likeness (QED) is 0.469. The number of halogens is 2. The molecule has 3 aromatic rings. The van der Waals surface area contributed by atoms with Gasteiger partial charge in [-0.25, -0.2) is 4.39 Å². The van der Waals surface area contributed by atoms with Gasteiger partial charge >= 0.3 is 0 Å². The largest absolute Gasteiger partial charge is 0.313 e. The zero-order valence-corrected chi connectivity index (χ0v) is 19.3. The normalized spacial score (nSPS) is 15.9. The molecular formula is C27H26ClFN2O. The van der Waals surface area contributed by atoms with Crippen LogP contribution in [-0.2, 0) is 24.1 Å². The summed E-state index contributed by atoms with van der Waals surface area (Å²) in [6.07, 6.45) is 2.30. The van der Waals surface area contributed by atoms with Crippen LogP contribution < -0.4 is 4.90 Å². The van der Waals surface area contributed by atoms with E-state index < -0.39 is 6.04 Å². The molecule has 0 aliphatic carbocycles. The summed E-state index contributed by atoms with van der Waals surface area (Å²) < 4.78 is 13.6. The van der Waals surface area contributed by atoms with Crippen molar-refractivity contribution < 1.29 is 9.18 Å². The fourth-order valence-electron chi connectivity index (χ4n) is 4.39. The molecule has 164 valence electrons. The van der Waals surface area contributed by atoms with Gasteiger partial charge in [-0.05, 0) is 72.0 Å². The number of hydrogen-bond acceptors (Lipinski definition) is 2. The molecule has 0 aromatic heterocycles. The van der Waals surface area contributed by atoms with Gasteiger partial charge < -0.3 is 4.90 Å². The number of fused-ring (bicyclic) bond motifs is 1. The number of amides is 1. The Morgan fingerprint density at radius 2 is 1.66 bits per heavy atom. The third-order valence-corrected chi connectivity index (χ3v) is 6.36. The minimum Gasteiger partial charge on any atom is -0.313 e. The first-order valence-corrected chi connectivity index (χ1v) is 11.3. The van der Waals surface area contributed by atoms with Gasteiger partial charge in [-0.1, -0.05) is 43.6 Å². The lowest BCUT2D eigenvalue weighted by Gasteiger charge is -2.22. The first-order valence-electron chi connectivity index (χ1n) is 10.9. The molecule has 1 heterocycles. The summed E-state index contributed by atoms with van der Waals surface area (Å²) in [6, 6.07) is 17.4. The number of hydrogen-bond donors (Lipinski definition) is 0. The van der Waals surface area contributed by atoms with Gasteiger partial charge in [0.05, 0.1) is 11.4 Å². The van der Waals surface area contributed by atoms with E-state index in [9.17, 15) is 9.18 Å². The maximum absolute atomic E-state index is 13.6. The molecule has 0 saturated heterocycles. The Kier molecular flexibility index (Phi) is 6.43. The maximum Gasteiger partial charge on any atom is 0.251 e. The van der Waals surface area contributed by atoms with Crippen molar-refractivity contribution in [2.24, 2.45) is 4.99 Å². The molecule has 4 rings (SSSR count). The van der Waals surface area contributed by atoms with Crippen molar-refractivity contribution >= 4 is 28.9 Å². The van der Waals surface area contributed by atoms with Crippen molar-refractivity contribution in [2.75, 3.05) is 11.9 Å². The van der Waals surface area contributed by atoms with E-state index in [1.165, 1.54) is 28.8 Å². The minimum atomic E-state index is -0.593. The zero-order chi connectivity index (χ0) is 22.8. The van der Waals surface area contributed by atoms with Crippen LogP contribution in [-0.4, -0.2) is 24.7 Å². The standard InChI is InChI=1S/C27H26ClFN2O/c1-4-17-7-6-8-18(5-2)22(17)16-24-27(32)31(3)25-14-11-20(28)15-23(25)26(30-24)19-9-12-21(29)13-10-19/h6-15,24H,4-5,16H2,1-3H3. The van der Waals surface area contributed by atoms with Crippen LogP contribution in [0.3, 0.4) is 0 Å². The monoisotopic (exact) mass is 448 g/mol. The number of benzene rings is 3. The summed E-state index contributed by atoms with van der Waals surface area (Å²) in [7, 11) is 1.78. The van der Waals surface area contributed by atoms with Crippen molar-refractivity contribution in [3.8, 4) is 0 Å². The topological polar surface area (TPSA) is 32.7 Å². The molecule has 1 amide bonds. The van der Waals surface area contributed by atoms with Gasteiger partial charge in [0.15, 0.2) is 0 Å². The molecule has 1 aliphatic heterocycles. The summed E-state index contributed by atoms with van der Waals surface area (Å²) in [6.45, 7) is 4.26. The Balaban J connectivity index is 1.89. The highest BCUT2D eigenvalue weighted by Crippen LogP contribution is 2.31. The van der Waals surface area contributed by atoms with E-state index in [4.69, 9.17) is 16.6 Å². The van der Waals surface area contributed by atoms with Gasteiger partial charge in [-0.3, -0.25) is 9.79 Å². The molecule has 32 heavy (non-hydrogen) atoms. The zero-order valence-electron chi connectivity index (χ0n) is 18.5. The summed E-state index contributed by atoms with van der Waals surface area (Å²) in [4.78, 5) is 20.2. The molecule has 3 nitrogen and oxygen atoms in total. The van der Waals surface area contributed by atoms with Gasteiger partial charge in [-0.15, -0.1) is 0 Å². The molecule has 1 aliphatic rings. The first-order chi connectivity index (χ1) is 15.4. The fraction of sp³-hybridized carbons (Fsp3) is 0.259. The Bertz CT molecular complexity index is 1160. The number of likely N-dealkylation sites (N-methyl/N-ethyl adjacent to an activating group) is 1. The van der Waals surface area contributed by atoms with E-state index in [2.05, 4.69) is 32.0 Å². The molecule has 3 aromatic carbocycles. The highest BCUT2D eigenvalue weighted by molar-refractivity contribution is 6.32. The van der Waals surface area contributed by atoms with Crippen LogP contribution in [0.1, 0.15) is 41.7 Å². The van der Waals surface area contributed by atoms with Crippen LogP contribution in [0.4, 0.5) is 10.1 Å². The average Bonchev–Trinajstić information content (AvgIpc) is 2.90. The third kappa shape index (κ3) is 4.20. The van der Waals surface area contributed by atoms with Gasteiger partial charge in [0.25, 0.3) is 5.91 Å². The second-order valence-electron chi connectivity index (χ2n) is 8.03. The van der Waals surface area contributed by atoms with Crippen LogP contribution >= 0.6 is 11.6 Å². The summed E-state index contributed by atoms with van der Waals surface area (Å²) in [5.41, 5.74) is 6.58. The van der Waals surface area contributed by atoms with Crippen molar-refractivity contribution in [1.82, 2.24) is 0 Å². The molecule has 0 N–H and O–H groups in total. The van der Waals surface area contributed by atoms with E-state index in [1.54, 1.807) is 30.1 Å². The Morgan fingerprint density at radius 1 is 1.00 bits per heavy atom. The molecular weight excluding hydrogens is 423 g/mol. The number of benzodiazepines with no additional fused rings is 1. The van der Waals surface area contributed by atoms with E-state index in [0.29, 0.717) is 17.2 Å². The van der Waals surface area contributed by atoms with Crippen LogP contribution in [0.5, 0.6) is 0 Å². The number of nitrogens with zero attached hydrogens (tertiary/aromatic N) is 2. The van der Waals surface area contributed by atoms with Crippen LogP contribution in [0, 0.1) is 5.82 Å². The highest BCUT2D eigenvalue weighted by Gasteiger charge is 2.31. The third-order valence-electron chi connectivity index (χ3n) is 6.12. The molecule has 0 bridgehead atoms. The number of carbonyl (C=O) groups excluding carboxylic acids is 1. The Morgan fingerprint density at radius 3 is 2.28 bits per heavy atom. The molecule has 1 atom stereocenters. The number of aliphatic imine (C=N–C) groups is 1. The molecule has 0 fully saturated rings. The smallest absolute Gasteiger partial charge is 0.251 e. The highest BCUT2D eigenvalue weighted by atomic mass is 35.5. The number of aryl methyl sites for hydroxylation is 2. The van der Waals surface area contributed by atoms with E-state index in [1.807, 2.05) is 12.1 Å². The van der Waals surface area contributed by atoms with E-state index in [-0.39, 0.29) is 11.7 Å². The molecule has 5 heteroatoms. The summed E-state index contributed by atoms with van der Waals surface area (Å²) in [5.74, 6) is -0.387. The second kappa shape index (κ2) is 9.25. The lowest BCUT2D eigenvalue weighted by molar-refractivity contribution is -0.119. The van der Waals surface area contributed by atoms with Gasteiger partial charge in [-0.2, -0.15) is 0 Å². The lowest BCUT2D eigenvalue weighted by atomic mass is 9.92. The van der Waals surface area contributed by atoms with Gasteiger partial charge in [0, 0.05) is 29.6 Å². The lowest BCUT2D eigenvalue weighted by Crippen LogP contribution is -2.36. The van der Waals surface area contributed by atoms with Crippen LogP contribution in [0.15, 0.2) is 65.7 Å². The van der Waals surface area contributed by atoms with Crippen LogP contribution in [0.2, 0.25) is 5.02 Å². The molecule has 1 unspecified atom stereocenters. The predicted molar refractivity (Wildman–Crippen MR) is 130 cm³/mol. The van der Waals surface area contributed by atoms with Crippen molar-refractivity contribution in [3.63, 3.8) is 0 Å². The maximum atomic E-state index is 13.6. The van der Waals surface area contributed by atoms with E-state index >= 15 is 0 Å². The summed E-state index contributed by atoms with van der Waals surface area (Å²) in [5, 5.41) is 0.558. The van der Waals surface area contributed by atoms with Crippen molar-refractivity contribution in [3.05, 3.63) is 99.3 Å². The van der Waals surface area contributed by atoms with Gasteiger partial charge in [0.1, 0.15) is 11.9 Å². The van der Waals surface area contributed by atoms with Crippen LogP contribution in [0.25, 0.3) is 0 Å². The minimum absolute atomic E-state index is 0.0707. The first kappa shape index (κ1) is 22.2. The predicted octanol–water partition coefficient (Wildman–Crippen LogP) is 6.03. The Hall–Kier alpha value is -2.98.